The molecule has 100 valence electrons. The minimum absolute atomic E-state index is 0.00705. The van der Waals surface area contributed by atoms with Crippen molar-refractivity contribution >= 4 is 5.97 Å². The molecule has 3 heteroatoms. The summed E-state index contributed by atoms with van der Waals surface area (Å²) in [5.41, 5.74) is 1.65. The van der Waals surface area contributed by atoms with Crippen LogP contribution in [0, 0.1) is 11.8 Å². The van der Waals surface area contributed by atoms with Gasteiger partial charge in [0.2, 0.25) is 0 Å². The number of carboxylic acid groups (broad SMARTS) is 1. The molecule has 0 heterocycles. The van der Waals surface area contributed by atoms with E-state index in [1.165, 1.54) is 0 Å². The average Bonchev–Trinajstić information content (AvgIpc) is 2.44. The summed E-state index contributed by atoms with van der Waals surface area (Å²) in [6, 6.07) is 16.7. The predicted molar refractivity (Wildman–Crippen MR) is 76.6 cm³/mol. The lowest BCUT2D eigenvalue weighted by Crippen LogP contribution is -2.01. The molecule has 0 bridgehead atoms. The predicted octanol–water partition coefficient (Wildman–Crippen LogP) is 2.74. The summed E-state index contributed by atoms with van der Waals surface area (Å²) in [6.07, 6.45) is -0.00705. The second kappa shape index (κ2) is 7.01. The highest BCUT2D eigenvalue weighted by Crippen LogP contribution is 2.13. The second-order valence-electron chi connectivity index (χ2n) is 4.17. The zero-order valence-electron chi connectivity index (χ0n) is 10.9. The Hall–Kier alpha value is -2.73. The Morgan fingerprint density at radius 1 is 1.10 bits per heavy atom. The molecule has 0 amide bonds. The number of hydrogen-bond donors (Lipinski definition) is 1. The van der Waals surface area contributed by atoms with E-state index in [-0.39, 0.29) is 13.0 Å². The lowest BCUT2D eigenvalue weighted by Gasteiger charge is -2.03. The average molecular weight is 266 g/mol. The molecule has 20 heavy (non-hydrogen) atoms. The van der Waals surface area contributed by atoms with E-state index < -0.39 is 5.97 Å². The number of hydrogen-bond acceptors (Lipinski definition) is 2. The molecule has 0 aliphatic carbocycles. The van der Waals surface area contributed by atoms with Gasteiger partial charge in [-0.2, -0.15) is 0 Å². The van der Waals surface area contributed by atoms with Gasteiger partial charge in [0.15, 0.2) is 0 Å². The molecule has 0 saturated carbocycles. The number of ether oxygens (including phenoxy) is 1. The summed E-state index contributed by atoms with van der Waals surface area (Å²) in [5, 5.41) is 8.73. The summed E-state index contributed by atoms with van der Waals surface area (Å²) >= 11 is 0. The van der Waals surface area contributed by atoms with Crippen molar-refractivity contribution in [1.82, 2.24) is 0 Å². The van der Waals surface area contributed by atoms with Crippen LogP contribution in [0.1, 0.15) is 11.1 Å². The largest absolute Gasteiger partial charge is 0.481 e. The van der Waals surface area contributed by atoms with Gasteiger partial charge in [0.1, 0.15) is 12.4 Å². The van der Waals surface area contributed by atoms with Crippen LogP contribution in [0.2, 0.25) is 0 Å². The van der Waals surface area contributed by atoms with Crippen LogP contribution < -0.4 is 4.74 Å². The minimum atomic E-state index is -0.856. The normalized spacial score (nSPS) is 9.40. The van der Waals surface area contributed by atoms with Crippen molar-refractivity contribution in [2.45, 2.75) is 6.42 Å². The molecule has 0 fully saturated rings. The molecule has 0 radical (unpaired) electrons. The fourth-order valence-electron chi connectivity index (χ4n) is 1.70. The highest BCUT2D eigenvalue weighted by Gasteiger charge is 2.01. The molecule has 0 spiro atoms. The molecule has 2 aromatic carbocycles. The molecular weight excluding hydrogens is 252 g/mol. The summed E-state index contributed by atoms with van der Waals surface area (Å²) in [7, 11) is 0. The van der Waals surface area contributed by atoms with E-state index >= 15 is 0 Å². The lowest BCUT2D eigenvalue weighted by atomic mass is 10.1. The van der Waals surface area contributed by atoms with Gasteiger partial charge in [-0.3, -0.25) is 4.79 Å². The zero-order chi connectivity index (χ0) is 14.2. The number of aliphatic carboxylic acids is 1. The Bertz CT molecular complexity index is 636. The molecular formula is C17H14O3. The van der Waals surface area contributed by atoms with Gasteiger partial charge in [-0.15, -0.1) is 0 Å². The van der Waals surface area contributed by atoms with E-state index in [4.69, 9.17) is 9.84 Å². The van der Waals surface area contributed by atoms with Crippen LogP contribution in [0.4, 0.5) is 0 Å². The standard InChI is InChI=1S/C17H14O3/c18-17(19)13-15-8-4-10-16(12-15)20-11-5-9-14-6-2-1-3-7-14/h1-4,6-8,10,12H,11,13H2,(H,18,19). The fraction of sp³-hybridized carbons (Fsp3) is 0.118. The van der Waals surface area contributed by atoms with Crippen molar-refractivity contribution in [2.75, 3.05) is 6.61 Å². The highest BCUT2D eigenvalue weighted by molar-refractivity contribution is 5.70. The van der Waals surface area contributed by atoms with Crippen LogP contribution in [0.15, 0.2) is 54.6 Å². The van der Waals surface area contributed by atoms with Crippen LogP contribution in [-0.4, -0.2) is 17.7 Å². The molecule has 3 nitrogen and oxygen atoms in total. The van der Waals surface area contributed by atoms with E-state index in [9.17, 15) is 4.79 Å². The SMILES string of the molecule is O=C(O)Cc1cccc(OCC#Cc2ccccc2)c1. The first kappa shape index (κ1) is 13.7. The maximum absolute atomic E-state index is 10.6. The molecule has 0 atom stereocenters. The van der Waals surface area contributed by atoms with Gasteiger partial charge in [0.25, 0.3) is 0 Å². The first-order valence-electron chi connectivity index (χ1n) is 6.21. The zero-order valence-corrected chi connectivity index (χ0v) is 10.9. The fourth-order valence-corrected chi connectivity index (χ4v) is 1.70. The van der Waals surface area contributed by atoms with Crippen LogP contribution in [-0.2, 0) is 11.2 Å². The molecule has 0 aromatic heterocycles. The number of carbonyl (C=O) groups is 1. The van der Waals surface area contributed by atoms with E-state index in [0.717, 1.165) is 5.56 Å². The van der Waals surface area contributed by atoms with Gasteiger partial charge in [-0.25, -0.2) is 0 Å². The van der Waals surface area contributed by atoms with E-state index in [2.05, 4.69) is 11.8 Å². The van der Waals surface area contributed by atoms with Crippen LogP contribution >= 0.6 is 0 Å². The minimum Gasteiger partial charge on any atom is -0.481 e. The summed E-state index contributed by atoms with van der Waals surface area (Å²) in [6.45, 7) is 0.269. The Balaban J connectivity index is 1.91. The van der Waals surface area contributed by atoms with Crippen molar-refractivity contribution in [3.8, 4) is 17.6 Å². The topological polar surface area (TPSA) is 46.5 Å². The molecule has 0 aliphatic rings. The van der Waals surface area contributed by atoms with Crippen molar-refractivity contribution in [3.05, 3.63) is 65.7 Å². The van der Waals surface area contributed by atoms with Gasteiger partial charge in [0.05, 0.1) is 6.42 Å². The highest BCUT2D eigenvalue weighted by atomic mass is 16.5. The smallest absolute Gasteiger partial charge is 0.307 e. The number of rotatable bonds is 4. The second-order valence-corrected chi connectivity index (χ2v) is 4.17. The van der Waals surface area contributed by atoms with E-state index in [1.807, 2.05) is 30.3 Å². The Morgan fingerprint density at radius 2 is 1.90 bits per heavy atom. The summed E-state index contributed by atoms with van der Waals surface area (Å²) < 4.78 is 5.48. The Morgan fingerprint density at radius 3 is 2.65 bits per heavy atom. The van der Waals surface area contributed by atoms with Crippen molar-refractivity contribution < 1.29 is 14.6 Å². The number of benzene rings is 2. The Kier molecular flexibility index (Phi) is 4.80. The van der Waals surface area contributed by atoms with Gasteiger partial charge in [0, 0.05) is 5.56 Å². The lowest BCUT2D eigenvalue weighted by molar-refractivity contribution is -0.136. The third-order valence-electron chi connectivity index (χ3n) is 2.57. The first-order chi connectivity index (χ1) is 9.74. The van der Waals surface area contributed by atoms with Crippen LogP contribution in [0.3, 0.4) is 0 Å². The monoisotopic (exact) mass is 266 g/mol. The van der Waals surface area contributed by atoms with E-state index in [0.29, 0.717) is 11.3 Å². The van der Waals surface area contributed by atoms with Gasteiger partial charge in [-0.05, 0) is 29.8 Å². The maximum Gasteiger partial charge on any atom is 0.307 e. The molecule has 0 saturated heterocycles. The van der Waals surface area contributed by atoms with Gasteiger partial charge >= 0.3 is 5.97 Å². The van der Waals surface area contributed by atoms with Crippen molar-refractivity contribution in [1.29, 1.82) is 0 Å². The van der Waals surface area contributed by atoms with Crippen molar-refractivity contribution in [2.24, 2.45) is 0 Å². The Labute approximate surface area is 117 Å². The third kappa shape index (κ3) is 4.51. The van der Waals surface area contributed by atoms with Crippen molar-refractivity contribution in [3.63, 3.8) is 0 Å². The van der Waals surface area contributed by atoms with Gasteiger partial charge in [-0.1, -0.05) is 42.2 Å². The van der Waals surface area contributed by atoms with E-state index in [1.54, 1.807) is 24.3 Å². The molecule has 0 aliphatic heterocycles. The summed E-state index contributed by atoms with van der Waals surface area (Å²) in [5.74, 6) is 5.69. The number of carboxylic acids is 1. The maximum atomic E-state index is 10.6. The third-order valence-corrected chi connectivity index (χ3v) is 2.57. The van der Waals surface area contributed by atoms with Gasteiger partial charge < -0.3 is 9.84 Å². The molecule has 1 N–H and O–H groups in total. The first-order valence-corrected chi connectivity index (χ1v) is 6.21. The molecule has 0 unspecified atom stereocenters. The van der Waals surface area contributed by atoms with Crippen LogP contribution in [0.25, 0.3) is 0 Å². The molecule has 2 aromatic rings. The quantitative estimate of drug-likeness (QED) is 0.865. The summed E-state index contributed by atoms with van der Waals surface area (Å²) in [4.78, 5) is 10.6. The van der Waals surface area contributed by atoms with Crippen LogP contribution in [0.5, 0.6) is 5.75 Å². The molecule has 2 rings (SSSR count).